The zero-order valence-electron chi connectivity index (χ0n) is 14.9. The minimum absolute atomic E-state index is 0.229. The lowest BCUT2D eigenvalue weighted by Gasteiger charge is -2.35. The Morgan fingerprint density at radius 2 is 2.04 bits per heavy atom. The molecule has 1 aliphatic rings. The Morgan fingerprint density at radius 1 is 1.28 bits per heavy atom. The third-order valence-corrected chi connectivity index (χ3v) is 4.91. The fraction of sp³-hybridized carbons (Fsp3) is 0.579. The second-order valence-electron chi connectivity index (χ2n) is 6.80. The summed E-state index contributed by atoms with van der Waals surface area (Å²) in [5.41, 5.74) is 2.03. The van der Waals surface area contributed by atoms with Crippen LogP contribution in [0.1, 0.15) is 32.0 Å². The summed E-state index contributed by atoms with van der Waals surface area (Å²) in [5, 5.41) is 9.73. The minimum Gasteiger partial charge on any atom is -0.392 e. The highest BCUT2D eigenvalue weighted by atomic mass is 16.3. The van der Waals surface area contributed by atoms with Crippen LogP contribution < -0.4 is 0 Å². The fourth-order valence-electron chi connectivity index (χ4n) is 3.30. The van der Waals surface area contributed by atoms with Crippen molar-refractivity contribution < 1.29 is 9.90 Å². The van der Waals surface area contributed by atoms with Gasteiger partial charge in [-0.3, -0.25) is 9.69 Å². The number of hydrogen-bond acceptors (Lipinski definition) is 4. The molecule has 0 aliphatic carbocycles. The summed E-state index contributed by atoms with van der Waals surface area (Å²) in [6.07, 6.45) is 2.69. The van der Waals surface area contributed by atoms with Crippen LogP contribution in [0.15, 0.2) is 24.3 Å². The van der Waals surface area contributed by atoms with Crippen LogP contribution in [0, 0.1) is 0 Å². The highest BCUT2D eigenvalue weighted by molar-refractivity contribution is 5.76. The number of benzene rings is 1. The molecule has 1 atom stereocenters. The minimum atomic E-state index is -0.258. The van der Waals surface area contributed by atoms with Crippen molar-refractivity contribution in [2.75, 3.05) is 32.7 Å². The Labute approximate surface area is 148 Å². The third kappa shape index (κ3) is 4.80. The Kier molecular flexibility index (Phi) is 6.04. The highest BCUT2D eigenvalue weighted by Gasteiger charge is 2.21. The van der Waals surface area contributed by atoms with E-state index >= 15 is 0 Å². The van der Waals surface area contributed by atoms with Gasteiger partial charge in [0.2, 0.25) is 5.91 Å². The van der Waals surface area contributed by atoms with Crippen LogP contribution in [0.5, 0.6) is 0 Å². The van der Waals surface area contributed by atoms with E-state index < -0.39 is 0 Å². The Bertz CT molecular complexity index is 659. The van der Waals surface area contributed by atoms with Gasteiger partial charge in [-0.05, 0) is 25.0 Å². The van der Waals surface area contributed by atoms with E-state index in [1.54, 1.807) is 0 Å². The maximum Gasteiger partial charge on any atom is 0.222 e. The van der Waals surface area contributed by atoms with Gasteiger partial charge in [-0.15, -0.1) is 0 Å². The Balaban J connectivity index is 1.39. The van der Waals surface area contributed by atoms with E-state index in [4.69, 9.17) is 0 Å². The molecule has 3 rings (SSSR count). The van der Waals surface area contributed by atoms with Crippen molar-refractivity contribution in [2.45, 2.75) is 38.7 Å². The summed E-state index contributed by atoms with van der Waals surface area (Å²) in [6.45, 7) is 5.94. The molecule has 1 saturated heterocycles. The van der Waals surface area contributed by atoms with Gasteiger partial charge in [0.05, 0.1) is 17.1 Å². The van der Waals surface area contributed by atoms with Crippen molar-refractivity contribution in [3.05, 3.63) is 30.1 Å². The van der Waals surface area contributed by atoms with Crippen molar-refractivity contribution in [1.82, 2.24) is 19.8 Å². The summed E-state index contributed by atoms with van der Waals surface area (Å²) in [4.78, 5) is 24.4. The number of aliphatic hydroxyl groups excluding tert-OH is 1. The maximum absolute atomic E-state index is 12.4. The molecule has 6 nitrogen and oxygen atoms in total. The van der Waals surface area contributed by atoms with E-state index in [1.165, 1.54) is 0 Å². The lowest BCUT2D eigenvalue weighted by molar-refractivity contribution is -0.133. The number of amides is 1. The molecule has 0 spiro atoms. The Morgan fingerprint density at radius 3 is 2.76 bits per heavy atom. The number of hydrogen-bond donors (Lipinski definition) is 2. The predicted octanol–water partition coefficient (Wildman–Crippen LogP) is 1.80. The summed E-state index contributed by atoms with van der Waals surface area (Å²) >= 11 is 0. The number of fused-ring (bicyclic) bond motifs is 1. The van der Waals surface area contributed by atoms with Gasteiger partial charge in [-0.2, -0.15) is 0 Å². The summed E-state index contributed by atoms with van der Waals surface area (Å²) < 4.78 is 0. The van der Waals surface area contributed by atoms with E-state index in [0.29, 0.717) is 13.0 Å². The number of rotatable bonds is 7. The average Bonchev–Trinajstić information content (AvgIpc) is 3.05. The van der Waals surface area contributed by atoms with Crippen LogP contribution in [0.4, 0.5) is 0 Å². The highest BCUT2D eigenvalue weighted by Crippen LogP contribution is 2.13. The van der Waals surface area contributed by atoms with Crippen LogP contribution in [-0.4, -0.2) is 69.6 Å². The number of aromatic nitrogens is 2. The van der Waals surface area contributed by atoms with Gasteiger partial charge in [0, 0.05) is 45.6 Å². The largest absolute Gasteiger partial charge is 0.392 e. The molecule has 1 fully saturated rings. The lowest BCUT2D eigenvalue weighted by atomic mass is 10.2. The summed E-state index contributed by atoms with van der Waals surface area (Å²) in [5.74, 6) is 1.18. The molecule has 0 saturated carbocycles. The van der Waals surface area contributed by atoms with E-state index in [2.05, 4.69) is 14.9 Å². The van der Waals surface area contributed by atoms with Crippen LogP contribution >= 0.6 is 0 Å². The second-order valence-corrected chi connectivity index (χ2v) is 6.80. The first kappa shape index (κ1) is 17.9. The number of aryl methyl sites for hydroxylation is 1. The fourth-order valence-corrected chi connectivity index (χ4v) is 3.30. The Hall–Kier alpha value is -1.92. The third-order valence-electron chi connectivity index (χ3n) is 4.91. The van der Waals surface area contributed by atoms with Crippen molar-refractivity contribution in [3.8, 4) is 0 Å². The molecule has 1 amide bonds. The van der Waals surface area contributed by atoms with Crippen molar-refractivity contribution >= 4 is 16.9 Å². The van der Waals surface area contributed by atoms with E-state index in [-0.39, 0.29) is 12.0 Å². The number of imidazole rings is 1. The predicted molar refractivity (Wildman–Crippen MR) is 98.3 cm³/mol. The van der Waals surface area contributed by atoms with Crippen LogP contribution in [0.2, 0.25) is 0 Å². The van der Waals surface area contributed by atoms with Crippen molar-refractivity contribution in [2.24, 2.45) is 0 Å². The number of nitrogens with zero attached hydrogens (tertiary/aromatic N) is 3. The monoisotopic (exact) mass is 344 g/mol. The standard InChI is InChI=1S/C19H28N4O2/c1-2-15(24)14-22-10-12-23(13-11-22)19(25)9-5-8-18-20-16-6-3-4-7-17(16)21-18/h3-4,6-7,15,24H,2,5,8-14H2,1H3,(H,20,21). The number of piperazine rings is 1. The van der Waals surface area contributed by atoms with Gasteiger partial charge in [0.1, 0.15) is 5.82 Å². The summed E-state index contributed by atoms with van der Waals surface area (Å²) in [7, 11) is 0. The number of para-hydroxylation sites is 2. The average molecular weight is 344 g/mol. The first-order valence-electron chi connectivity index (χ1n) is 9.27. The topological polar surface area (TPSA) is 72.5 Å². The molecule has 0 bridgehead atoms. The number of aliphatic hydroxyl groups is 1. The molecule has 2 N–H and O–H groups in total. The molecule has 25 heavy (non-hydrogen) atoms. The van der Waals surface area contributed by atoms with Gasteiger partial charge in [0.15, 0.2) is 0 Å². The first-order chi connectivity index (χ1) is 12.2. The number of nitrogens with one attached hydrogen (secondary N) is 1. The van der Waals surface area contributed by atoms with Gasteiger partial charge < -0.3 is 15.0 Å². The quantitative estimate of drug-likeness (QED) is 0.803. The molecule has 2 heterocycles. The zero-order valence-corrected chi connectivity index (χ0v) is 14.9. The normalized spacial score (nSPS) is 17.1. The molecular formula is C19H28N4O2. The number of carbonyl (C=O) groups excluding carboxylic acids is 1. The summed E-state index contributed by atoms with van der Waals surface area (Å²) in [6, 6.07) is 7.99. The SMILES string of the molecule is CCC(O)CN1CCN(C(=O)CCCc2nc3ccccc3[nH]2)CC1. The lowest BCUT2D eigenvalue weighted by Crippen LogP contribution is -2.50. The number of aromatic amines is 1. The van der Waals surface area contributed by atoms with Gasteiger partial charge in [-0.1, -0.05) is 19.1 Å². The number of carbonyl (C=O) groups is 1. The second kappa shape index (κ2) is 8.45. The van der Waals surface area contributed by atoms with Crippen molar-refractivity contribution in [1.29, 1.82) is 0 Å². The molecule has 1 unspecified atom stereocenters. The molecule has 136 valence electrons. The van der Waals surface area contributed by atoms with E-state index in [9.17, 15) is 9.90 Å². The molecule has 1 aliphatic heterocycles. The zero-order chi connectivity index (χ0) is 17.6. The number of H-pyrrole nitrogens is 1. The molecular weight excluding hydrogens is 316 g/mol. The van der Waals surface area contributed by atoms with E-state index in [0.717, 1.165) is 62.3 Å². The van der Waals surface area contributed by atoms with Gasteiger partial charge >= 0.3 is 0 Å². The smallest absolute Gasteiger partial charge is 0.222 e. The van der Waals surface area contributed by atoms with Gasteiger partial charge in [-0.25, -0.2) is 4.98 Å². The molecule has 1 aromatic heterocycles. The molecule has 1 aromatic carbocycles. The van der Waals surface area contributed by atoms with Crippen molar-refractivity contribution in [3.63, 3.8) is 0 Å². The van der Waals surface area contributed by atoms with Gasteiger partial charge in [0.25, 0.3) is 0 Å². The number of β-amino-alcohol motifs (C(OH)–C–C–N with tert-alkyl or cyclic N) is 1. The molecule has 0 radical (unpaired) electrons. The van der Waals surface area contributed by atoms with Crippen LogP contribution in [0.25, 0.3) is 11.0 Å². The van der Waals surface area contributed by atoms with Crippen LogP contribution in [-0.2, 0) is 11.2 Å². The van der Waals surface area contributed by atoms with E-state index in [1.807, 2.05) is 36.1 Å². The molecule has 2 aromatic rings. The molecule has 6 heteroatoms. The van der Waals surface area contributed by atoms with Crippen LogP contribution in [0.3, 0.4) is 0 Å². The maximum atomic E-state index is 12.4. The first-order valence-corrected chi connectivity index (χ1v) is 9.27.